The zero-order chi connectivity index (χ0) is 11.9. The first-order chi connectivity index (χ1) is 7.46. The van der Waals surface area contributed by atoms with Crippen LogP contribution >= 0.6 is 15.9 Å². The van der Waals surface area contributed by atoms with Crippen LogP contribution in [0.15, 0.2) is 10.5 Å². The van der Waals surface area contributed by atoms with Crippen LogP contribution in [0.2, 0.25) is 0 Å². The number of rotatable bonds is 1. The average molecular weight is 288 g/mol. The molecule has 0 radical (unpaired) electrons. The van der Waals surface area contributed by atoms with Crippen molar-refractivity contribution in [2.24, 2.45) is 0 Å². The highest BCUT2D eigenvalue weighted by Gasteiger charge is 2.34. The zero-order valence-corrected chi connectivity index (χ0v) is 11.0. The van der Waals surface area contributed by atoms with Gasteiger partial charge in [0.1, 0.15) is 0 Å². The summed E-state index contributed by atoms with van der Waals surface area (Å²) in [6.07, 6.45) is 1.93. The van der Waals surface area contributed by atoms with Crippen LogP contribution in [0.25, 0.3) is 0 Å². The highest BCUT2D eigenvalue weighted by Crippen LogP contribution is 2.39. The third-order valence-corrected chi connectivity index (χ3v) is 4.32. The maximum atomic E-state index is 14.0. The van der Waals surface area contributed by atoms with Gasteiger partial charge in [-0.15, -0.1) is 0 Å². The summed E-state index contributed by atoms with van der Waals surface area (Å²) in [5.74, 6) is -0.806. The Balaban J connectivity index is 2.57. The second kappa shape index (κ2) is 4.00. The van der Waals surface area contributed by atoms with Crippen molar-refractivity contribution in [1.82, 2.24) is 5.32 Å². The molecule has 0 spiro atoms. The smallest absolute Gasteiger partial charge is 0.171 e. The van der Waals surface area contributed by atoms with Crippen LogP contribution < -0.4 is 5.32 Å². The SMILES string of the molecule is Cc1cc(C2(C)CCCN2)c(F)c(O)c1Br. The van der Waals surface area contributed by atoms with Crippen LogP contribution in [0.4, 0.5) is 4.39 Å². The van der Waals surface area contributed by atoms with Gasteiger partial charge in [-0.3, -0.25) is 0 Å². The van der Waals surface area contributed by atoms with E-state index < -0.39 is 5.82 Å². The number of benzene rings is 1. The molecule has 88 valence electrons. The van der Waals surface area contributed by atoms with Crippen molar-refractivity contribution in [3.8, 4) is 5.75 Å². The zero-order valence-electron chi connectivity index (χ0n) is 9.40. The van der Waals surface area contributed by atoms with Crippen molar-refractivity contribution in [1.29, 1.82) is 0 Å². The van der Waals surface area contributed by atoms with E-state index in [0.717, 1.165) is 24.9 Å². The maximum absolute atomic E-state index is 14.0. The minimum absolute atomic E-state index is 0.287. The molecule has 1 aromatic rings. The quantitative estimate of drug-likeness (QED) is 0.831. The lowest BCUT2D eigenvalue weighted by Crippen LogP contribution is -2.34. The Bertz CT molecular complexity index is 428. The van der Waals surface area contributed by atoms with E-state index in [0.29, 0.717) is 10.0 Å². The standard InChI is InChI=1S/C12H15BrFNO/c1-7-6-8(10(14)11(16)9(7)13)12(2)4-3-5-15-12/h6,15-16H,3-5H2,1-2H3. The van der Waals surface area contributed by atoms with Crippen LogP contribution in [0, 0.1) is 12.7 Å². The minimum Gasteiger partial charge on any atom is -0.504 e. The molecule has 1 fully saturated rings. The Labute approximate surface area is 103 Å². The number of nitrogens with one attached hydrogen (secondary N) is 1. The second-order valence-electron chi connectivity index (χ2n) is 4.58. The first-order valence-corrected chi connectivity index (χ1v) is 6.18. The number of aromatic hydroxyl groups is 1. The first-order valence-electron chi connectivity index (χ1n) is 5.39. The Hall–Kier alpha value is -0.610. The molecule has 1 unspecified atom stereocenters. The summed E-state index contributed by atoms with van der Waals surface area (Å²) < 4.78 is 14.5. The molecule has 4 heteroatoms. The summed E-state index contributed by atoms with van der Waals surface area (Å²) in [7, 11) is 0. The third-order valence-electron chi connectivity index (χ3n) is 3.32. The largest absolute Gasteiger partial charge is 0.504 e. The summed E-state index contributed by atoms with van der Waals surface area (Å²) in [4.78, 5) is 0. The molecular weight excluding hydrogens is 273 g/mol. The van der Waals surface area contributed by atoms with Crippen LogP contribution in [0.5, 0.6) is 5.75 Å². The van der Waals surface area contributed by atoms with E-state index >= 15 is 0 Å². The average Bonchev–Trinajstić information content (AvgIpc) is 2.68. The van der Waals surface area contributed by atoms with E-state index in [1.807, 2.05) is 13.8 Å². The summed E-state index contributed by atoms with van der Waals surface area (Å²) in [5.41, 5.74) is 1.06. The Morgan fingerprint density at radius 2 is 2.25 bits per heavy atom. The topological polar surface area (TPSA) is 32.3 Å². The molecule has 0 saturated carbocycles. The fourth-order valence-corrected chi connectivity index (χ4v) is 2.57. The molecule has 0 aliphatic carbocycles. The third kappa shape index (κ3) is 1.74. The summed E-state index contributed by atoms with van der Waals surface area (Å²) >= 11 is 3.18. The van der Waals surface area contributed by atoms with Gasteiger partial charge in [-0.2, -0.15) is 0 Å². The van der Waals surface area contributed by atoms with Crippen LogP contribution in [0.3, 0.4) is 0 Å². The van der Waals surface area contributed by atoms with Crippen LogP contribution in [-0.2, 0) is 5.54 Å². The molecule has 1 saturated heterocycles. The van der Waals surface area contributed by atoms with Crippen molar-refractivity contribution >= 4 is 15.9 Å². The number of hydrogen-bond donors (Lipinski definition) is 2. The Kier molecular flexibility index (Phi) is 2.97. The van der Waals surface area contributed by atoms with Crippen molar-refractivity contribution in [2.75, 3.05) is 6.54 Å². The normalized spacial score (nSPS) is 25.0. The fourth-order valence-electron chi connectivity index (χ4n) is 2.28. The van der Waals surface area contributed by atoms with Crippen molar-refractivity contribution in [3.63, 3.8) is 0 Å². The van der Waals surface area contributed by atoms with Gasteiger partial charge >= 0.3 is 0 Å². The van der Waals surface area contributed by atoms with E-state index in [1.165, 1.54) is 0 Å². The maximum Gasteiger partial charge on any atom is 0.171 e. The van der Waals surface area contributed by atoms with E-state index in [1.54, 1.807) is 6.07 Å². The van der Waals surface area contributed by atoms with Crippen molar-refractivity contribution in [2.45, 2.75) is 32.2 Å². The highest BCUT2D eigenvalue weighted by atomic mass is 79.9. The van der Waals surface area contributed by atoms with Gasteiger partial charge in [-0.1, -0.05) is 0 Å². The van der Waals surface area contributed by atoms with Crippen LogP contribution in [0.1, 0.15) is 30.9 Å². The molecule has 1 aliphatic heterocycles. The number of phenols is 1. The van der Waals surface area contributed by atoms with Gasteiger partial charge in [0.05, 0.1) is 4.47 Å². The van der Waals surface area contributed by atoms with Gasteiger partial charge < -0.3 is 10.4 Å². The second-order valence-corrected chi connectivity index (χ2v) is 5.37. The molecule has 1 heterocycles. The summed E-state index contributed by atoms with van der Waals surface area (Å²) in [6.45, 7) is 4.72. The lowest BCUT2D eigenvalue weighted by atomic mass is 9.89. The van der Waals surface area contributed by atoms with E-state index in [-0.39, 0.29) is 11.3 Å². The number of hydrogen-bond acceptors (Lipinski definition) is 2. The Morgan fingerprint density at radius 3 is 2.81 bits per heavy atom. The summed E-state index contributed by atoms with van der Waals surface area (Å²) in [6, 6.07) is 1.80. The minimum atomic E-state index is -0.519. The van der Waals surface area contributed by atoms with Gasteiger partial charge in [0.2, 0.25) is 0 Å². The number of phenolic OH excluding ortho intramolecular Hbond substituents is 1. The van der Waals surface area contributed by atoms with Gasteiger partial charge in [-0.25, -0.2) is 4.39 Å². The number of halogens is 2. The van der Waals surface area contributed by atoms with E-state index in [4.69, 9.17) is 0 Å². The molecule has 1 aromatic carbocycles. The first kappa shape index (κ1) is 11.9. The molecule has 16 heavy (non-hydrogen) atoms. The molecule has 1 atom stereocenters. The monoisotopic (exact) mass is 287 g/mol. The highest BCUT2D eigenvalue weighted by molar-refractivity contribution is 9.10. The van der Waals surface area contributed by atoms with Gasteiger partial charge in [-0.05, 0) is 60.8 Å². The number of aryl methyl sites for hydroxylation is 1. The molecular formula is C12H15BrFNO. The lowest BCUT2D eigenvalue weighted by Gasteiger charge is -2.26. The van der Waals surface area contributed by atoms with Crippen LogP contribution in [-0.4, -0.2) is 11.7 Å². The molecule has 2 nitrogen and oxygen atoms in total. The predicted octanol–water partition coefficient (Wildman–Crippen LogP) is 3.20. The molecule has 0 amide bonds. The van der Waals surface area contributed by atoms with Gasteiger partial charge in [0.25, 0.3) is 0 Å². The lowest BCUT2D eigenvalue weighted by molar-refractivity contribution is 0.381. The summed E-state index contributed by atoms with van der Waals surface area (Å²) in [5, 5.41) is 13.0. The molecule has 0 bridgehead atoms. The molecule has 2 rings (SSSR count). The molecule has 2 N–H and O–H groups in total. The Morgan fingerprint density at radius 1 is 1.56 bits per heavy atom. The predicted molar refractivity (Wildman–Crippen MR) is 65.1 cm³/mol. The fraction of sp³-hybridized carbons (Fsp3) is 0.500. The van der Waals surface area contributed by atoms with E-state index in [9.17, 15) is 9.50 Å². The van der Waals surface area contributed by atoms with Gasteiger partial charge in [0.15, 0.2) is 11.6 Å². The van der Waals surface area contributed by atoms with Gasteiger partial charge in [0, 0.05) is 11.1 Å². The van der Waals surface area contributed by atoms with Crippen molar-refractivity contribution in [3.05, 3.63) is 27.5 Å². The van der Waals surface area contributed by atoms with Crippen molar-refractivity contribution < 1.29 is 9.50 Å². The van der Waals surface area contributed by atoms with E-state index in [2.05, 4.69) is 21.2 Å². The molecule has 0 aromatic heterocycles. The molecule has 1 aliphatic rings.